The van der Waals surface area contributed by atoms with Gasteiger partial charge in [-0.15, -0.1) is 6.58 Å². The van der Waals surface area contributed by atoms with Crippen molar-refractivity contribution >= 4 is 10.1 Å². The lowest BCUT2D eigenvalue weighted by atomic mass is 10.2. The van der Waals surface area contributed by atoms with Crippen LogP contribution >= 0.6 is 0 Å². The van der Waals surface area contributed by atoms with Gasteiger partial charge in [-0.05, 0) is 31.4 Å². The van der Waals surface area contributed by atoms with Crippen LogP contribution in [-0.4, -0.2) is 14.0 Å². The van der Waals surface area contributed by atoms with E-state index in [4.69, 9.17) is 4.18 Å². The first-order valence-electron chi connectivity index (χ1n) is 6.09. The minimum absolute atomic E-state index is 0.205. The molecule has 0 spiro atoms. The minimum atomic E-state index is -3.70. The topological polar surface area (TPSA) is 43.4 Å². The molecule has 2 rings (SSSR count). The number of benzene rings is 1. The highest BCUT2D eigenvalue weighted by atomic mass is 32.2. The molecule has 0 bridgehead atoms. The fraction of sp³-hybridized carbons (Fsp3) is 0.429. The van der Waals surface area contributed by atoms with Crippen LogP contribution in [0.15, 0.2) is 41.8 Å². The molecule has 1 saturated carbocycles. The molecule has 1 fully saturated rings. The van der Waals surface area contributed by atoms with E-state index in [0.29, 0.717) is 0 Å². The molecular weight excluding hydrogens is 248 g/mol. The van der Waals surface area contributed by atoms with E-state index in [0.717, 1.165) is 18.4 Å². The summed E-state index contributed by atoms with van der Waals surface area (Å²) in [6.07, 6.45) is 3.25. The van der Waals surface area contributed by atoms with Gasteiger partial charge in [0.25, 0.3) is 10.1 Å². The van der Waals surface area contributed by atoms with Gasteiger partial charge in [-0.25, -0.2) is 0 Å². The molecule has 1 aliphatic rings. The maximum atomic E-state index is 12.1. The molecule has 0 aromatic heterocycles. The summed E-state index contributed by atoms with van der Waals surface area (Å²) in [6, 6.07) is 6.68. The number of rotatable bonds is 5. The van der Waals surface area contributed by atoms with Crippen molar-refractivity contribution in [2.24, 2.45) is 5.92 Å². The van der Waals surface area contributed by atoms with Crippen molar-refractivity contribution in [1.82, 2.24) is 0 Å². The molecule has 1 aromatic rings. The van der Waals surface area contributed by atoms with Crippen molar-refractivity contribution < 1.29 is 12.6 Å². The molecule has 0 heterocycles. The maximum Gasteiger partial charge on any atom is 0.297 e. The molecule has 2 atom stereocenters. The molecule has 0 saturated heterocycles. The van der Waals surface area contributed by atoms with Gasteiger partial charge in [0.05, 0.1) is 4.90 Å². The van der Waals surface area contributed by atoms with Crippen LogP contribution in [0.5, 0.6) is 0 Å². The molecule has 0 unspecified atom stereocenters. The maximum absolute atomic E-state index is 12.1. The quantitative estimate of drug-likeness (QED) is 0.607. The van der Waals surface area contributed by atoms with Crippen LogP contribution in [0.25, 0.3) is 0 Å². The first-order chi connectivity index (χ1) is 8.43. The Morgan fingerprint density at radius 3 is 2.50 bits per heavy atom. The zero-order valence-electron chi connectivity index (χ0n) is 10.7. The average molecular weight is 266 g/mol. The van der Waals surface area contributed by atoms with Crippen LogP contribution in [0.4, 0.5) is 0 Å². The summed E-state index contributed by atoms with van der Waals surface area (Å²) in [7, 11) is -3.70. The standard InChI is InChI=1S/C14H18O3S/c1-4-12-10-14(12,5-2)17-18(15,16)13-8-6-11(3)7-9-13/h5-9,12H,2,4,10H2,1,3H3/t12-,14+/m1/s1. The fourth-order valence-electron chi connectivity index (χ4n) is 2.16. The third-order valence-corrected chi connectivity index (χ3v) is 4.89. The highest BCUT2D eigenvalue weighted by Gasteiger charge is 2.55. The molecular formula is C14H18O3S. The van der Waals surface area contributed by atoms with Gasteiger partial charge in [0.2, 0.25) is 0 Å². The largest absolute Gasteiger partial charge is 0.297 e. The van der Waals surface area contributed by atoms with Gasteiger partial charge in [-0.2, -0.15) is 8.42 Å². The lowest BCUT2D eigenvalue weighted by Gasteiger charge is -2.13. The van der Waals surface area contributed by atoms with Gasteiger partial charge in [0.15, 0.2) is 0 Å². The van der Waals surface area contributed by atoms with Gasteiger partial charge in [0.1, 0.15) is 5.60 Å². The van der Waals surface area contributed by atoms with Crippen LogP contribution in [-0.2, 0) is 14.3 Å². The number of aryl methyl sites for hydroxylation is 1. The second-order valence-corrected chi connectivity index (χ2v) is 6.37. The summed E-state index contributed by atoms with van der Waals surface area (Å²) in [5, 5.41) is 0. The highest BCUT2D eigenvalue weighted by Crippen LogP contribution is 2.51. The molecule has 0 N–H and O–H groups in total. The fourth-order valence-corrected chi connectivity index (χ4v) is 3.41. The Hall–Kier alpha value is -1.13. The number of hydrogen-bond donors (Lipinski definition) is 0. The normalized spacial score (nSPS) is 26.9. The van der Waals surface area contributed by atoms with Gasteiger partial charge in [-0.1, -0.05) is 37.1 Å². The van der Waals surface area contributed by atoms with E-state index in [2.05, 4.69) is 6.58 Å². The molecule has 18 heavy (non-hydrogen) atoms. The molecule has 0 amide bonds. The second-order valence-electron chi connectivity index (χ2n) is 4.82. The second kappa shape index (κ2) is 4.52. The lowest BCUT2D eigenvalue weighted by molar-refractivity contribution is 0.217. The number of hydrogen-bond acceptors (Lipinski definition) is 3. The van der Waals surface area contributed by atoms with Crippen molar-refractivity contribution in [3.8, 4) is 0 Å². The Morgan fingerprint density at radius 2 is 2.06 bits per heavy atom. The molecule has 98 valence electrons. The predicted octanol–water partition coefficient (Wildman–Crippen LogP) is 3.06. The summed E-state index contributed by atoms with van der Waals surface area (Å²) in [5.41, 5.74) is 0.337. The first kappa shape index (κ1) is 13.3. The Bertz CT molecular complexity index is 545. The van der Waals surface area contributed by atoms with E-state index < -0.39 is 15.7 Å². The zero-order chi connectivity index (χ0) is 13.4. The van der Waals surface area contributed by atoms with Crippen LogP contribution < -0.4 is 0 Å². The Kier molecular flexibility index (Phi) is 3.34. The van der Waals surface area contributed by atoms with Crippen molar-refractivity contribution in [3.05, 3.63) is 42.5 Å². The van der Waals surface area contributed by atoms with Crippen molar-refractivity contribution in [2.75, 3.05) is 0 Å². The predicted molar refractivity (Wildman–Crippen MR) is 70.8 cm³/mol. The highest BCUT2D eigenvalue weighted by molar-refractivity contribution is 7.86. The summed E-state index contributed by atoms with van der Waals surface area (Å²) in [5.74, 6) is 0.259. The molecule has 1 aliphatic carbocycles. The summed E-state index contributed by atoms with van der Waals surface area (Å²) in [6.45, 7) is 7.63. The van der Waals surface area contributed by atoms with Crippen LogP contribution in [0.2, 0.25) is 0 Å². The summed E-state index contributed by atoms with van der Waals surface area (Å²) < 4.78 is 29.7. The molecule has 0 radical (unpaired) electrons. The van der Waals surface area contributed by atoms with Gasteiger partial charge in [-0.3, -0.25) is 4.18 Å². The molecule has 0 aliphatic heterocycles. The van der Waals surface area contributed by atoms with E-state index in [1.165, 1.54) is 0 Å². The monoisotopic (exact) mass is 266 g/mol. The van der Waals surface area contributed by atoms with Gasteiger partial charge >= 0.3 is 0 Å². The molecule has 1 aromatic carbocycles. The van der Waals surface area contributed by atoms with E-state index >= 15 is 0 Å². The smallest absolute Gasteiger partial charge is 0.255 e. The van der Waals surface area contributed by atoms with E-state index in [1.54, 1.807) is 30.3 Å². The van der Waals surface area contributed by atoms with Crippen LogP contribution in [0.3, 0.4) is 0 Å². The lowest BCUT2D eigenvalue weighted by Crippen LogP contribution is -2.20. The van der Waals surface area contributed by atoms with Gasteiger partial charge in [0, 0.05) is 0 Å². The zero-order valence-corrected chi connectivity index (χ0v) is 11.5. The Morgan fingerprint density at radius 1 is 1.44 bits per heavy atom. The Balaban J connectivity index is 2.23. The van der Waals surface area contributed by atoms with E-state index in [9.17, 15) is 8.42 Å². The van der Waals surface area contributed by atoms with Crippen molar-refractivity contribution in [2.45, 2.75) is 37.2 Å². The molecule has 4 heteroatoms. The van der Waals surface area contributed by atoms with Crippen molar-refractivity contribution in [1.29, 1.82) is 0 Å². The van der Waals surface area contributed by atoms with Crippen LogP contribution in [0.1, 0.15) is 25.3 Å². The SMILES string of the molecule is C=C[C@]1(OS(=O)(=O)c2ccc(C)cc2)C[C@H]1CC. The average Bonchev–Trinajstić information content (AvgIpc) is 3.03. The van der Waals surface area contributed by atoms with E-state index in [-0.39, 0.29) is 10.8 Å². The summed E-state index contributed by atoms with van der Waals surface area (Å²) >= 11 is 0. The third kappa shape index (κ3) is 2.35. The van der Waals surface area contributed by atoms with Gasteiger partial charge < -0.3 is 0 Å². The minimum Gasteiger partial charge on any atom is -0.255 e. The summed E-state index contributed by atoms with van der Waals surface area (Å²) in [4.78, 5) is 0.205. The Labute approximate surface area is 109 Å². The van der Waals surface area contributed by atoms with Crippen LogP contribution in [0, 0.1) is 12.8 Å². The van der Waals surface area contributed by atoms with Crippen molar-refractivity contribution in [3.63, 3.8) is 0 Å². The third-order valence-electron chi connectivity index (χ3n) is 3.51. The van der Waals surface area contributed by atoms with E-state index in [1.807, 2.05) is 13.8 Å². The molecule has 3 nitrogen and oxygen atoms in total. The first-order valence-corrected chi connectivity index (χ1v) is 7.50.